The minimum atomic E-state index is -0.300. The van der Waals surface area contributed by atoms with Crippen LogP contribution >= 0.6 is 11.6 Å². The van der Waals surface area contributed by atoms with Crippen LogP contribution in [0.3, 0.4) is 0 Å². The quantitative estimate of drug-likeness (QED) is 0.761. The summed E-state index contributed by atoms with van der Waals surface area (Å²) in [6.45, 7) is 1.93. The summed E-state index contributed by atoms with van der Waals surface area (Å²) in [4.78, 5) is 10.6. The molecule has 4 heteroatoms. The number of primary amides is 1. The molecule has 15 heavy (non-hydrogen) atoms. The number of amides is 1. The molecule has 0 aliphatic carbocycles. The molecule has 1 heterocycles. The lowest BCUT2D eigenvalue weighted by atomic mass is 10.1. The number of aryl methyl sites for hydroxylation is 3. The molecule has 0 bridgehead atoms. The summed E-state index contributed by atoms with van der Waals surface area (Å²) >= 11 is 5.62. The van der Waals surface area contributed by atoms with Gasteiger partial charge in [-0.3, -0.25) is 4.79 Å². The molecular formula is C11H16ClNO2. The van der Waals surface area contributed by atoms with Crippen molar-refractivity contribution in [2.45, 2.75) is 32.6 Å². The van der Waals surface area contributed by atoms with Crippen LogP contribution in [0.2, 0.25) is 0 Å². The van der Waals surface area contributed by atoms with E-state index in [0.29, 0.717) is 18.7 Å². The summed E-state index contributed by atoms with van der Waals surface area (Å²) in [5.41, 5.74) is 6.24. The number of hydrogen-bond donors (Lipinski definition) is 1. The number of carbonyl (C=O) groups excluding carboxylic acids is 1. The molecule has 0 spiro atoms. The highest BCUT2D eigenvalue weighted by molar-refractivity contribution is 6.17. The van der Waals surface area contributed by atoms with Crippen molar-refractivity contribution in [2.75, 3.05) is 5.88 Å². The average Bonchev–Trinajstić information content (AvgIpc) is 2.53. The Bertz CT molecular complexity index is 333. The Morgan fingerprint density at radius 1 is 1.53 bits per heavy atom. The Labute approximate surface area is 94.6 Å². The van der Waals surface area contributed by atoms with Crippen LogP contribution in [0.15, 0.2) is 10.5 Å². The largest absolute Gasteiger partial charge is 0.466 e. The van der Waals surface area contributed by atoms with E-state index in [2.05, 4.69) is 0 Å². The van der Waals surface area contributed by atoms with Gasteiger partial charge in [0.05, 0.1) is 0 Å². The molecule has 0 unspecified atom stereocenters. The Balaban J connectivity index is 2.55. The van der Waals surface area contributed by atoms with Gasteiger partial charge < -0.3 is 10.2 Å². The molecule has 84 valence electrons. The van der Waals surface area contributed by atoms with Gasteiger partial charge in [0.15, 0.2) is 0 Å². The maximum Gasteiger partial charge on any atom is 0.217 e. The molecule has 1 aromatic rings. The lowest BCUT2D eigenvalue weighted by molar-refractivity contribution is -0.118. The number of hydrogen-bond acceptors (Lipinski definition) is 2. The standard InChI is InChI=1S/C11H16ClNO2/c1-8-9(3-2-6-12)7-10(15-8)4-5-11(13)14/h7H,2-6H2,1H3,(H2,13,14). The van der Waals surface area contributed by atoms with E-state index < -0.39 is 0 Å². The lowest BCUT2D eigenvalue weighted by Crippen LogP contribution is -2.10. The van der Waals surface area contributed by atoms with Crippen molar-refractivity contribution >= 4 is 17.5 Å². The second kappa shape index (κ2) is 5.81. The summed E-state index contributed by atoms with van der Waals surface area (Å²) in [6.07, 6.45) is 2.78. The number of carbonyl (C=O) groups is 1. The summed E-state index contributed by atoms with van der Waals surface area (Å²) < 4.78 is 5.51. The van der Waals surface area contributed by atoms with Crippen molar-refractivity contribution in [2.24, 2.45) is 5.73 Å². The molecule has 0 radical (unpaired) electrons. The Hall–Kier alpha value is -0.960. The summed E-state index contributed by atoms with van der Waals surface area (Å²) in [7, 11) is 0. The first-order valence-electron chi connectivity index (χ1n) is 5.06. The van der Waals surface area contributed by atoms with Gasteiger partial charge in [0, 0.05) is 18.7 Å². The van der Waals surface area contributed by atoms with Gasteiger partial charge in [-0.2, -0.15) is 0 Å². The van der Waals surface area contributed by atoms with E-state index in [1.165, 1.54) is 5.56 Å². The molecule has 0 fully saturated rings. The number of alkyl halides is 1. The predicted molar refractivity (Wildman–Crippen MR) is 60.0 cm³/mol. The zero-order chi connectivity index (χ0) is 11.3. The molecule has 0 aliphatic rings. The lowest BCUT2D eigenvalue weighted by Gasteiger charge is -1.93. The van der Waals surface area contributed by atoms with Gasteiger partial charge in [-0.15, -0.1) is 11.6 Å². The van der Waals surface area contributed by atoms with Gasteiger partial charge in [0.2, 0.25) is 5.91 Å². The molecule has 2 N–H and O–H groups in total. The molecule has 0 atom stereocenters. The highest BCUT2D eigenvalue weighted by atomic mass is 35.5. The van der Waals surface area contributed by atoms with Crippen molar-refractivity contribution in [3.8, 4) is 0 Å². The van der Waals surface area contributed by atoms with Crippen LogP contribution < -0.4 is 5.73 Å². The Morgan fingerprint density at radius 3 is 2.87 bits per heavy atom. The third-order valence-corrected chi connectivity index (χ3v) is 2.54. The van der Waals surface area contributed by atoms with E-state index in [1.54, 1.807) is 0 Å². The molecule has 0 saturated heterocycles. The minimum absolute atomic E-state index is 0.300. The number of furan rings is 1. The van der Waals surface area contributed by atoms with Crippen LogP contribution in [-0.2, 0) is 17.6 Å². The third kappa shape index (κ3) is 3.96. The summed E-state index contributed by atoms with van der Waals surface area (Å²) in [5.74, 6) is 2.10. The average molecular weight is 230 g/mol. The Kier molecular flexibility index (Phi) is 4.69. The second-order valence-corrected chi connectivity index (χ2v) is 3.93. The van der Waals surface area contributed by atoms with Crippen molar-refractivity contribution in [1.82, 2.24) is 0 Å². The van der Waals surface area contributed by atoms with Gasteiger partial charge in [-0.25, -0.2) is 0 Å². The number of rotatable bonds is 6. The van der Waals surface area contributed by atoms with Crippen molar-refractivity contribution < 1.29 is 9.21 Å². The zero-order valence-corrected chi connectivity index (χ0v) is 9.64. The topological polar surface area (TPSA) is 56.2 Å². The molecule has 1 aromatic heterocycles. The van der Waals surface area contributed by atoms with E-state index in [4.69, 9.17) is 21.8 Å². The van der Waals surface area contributed by atoms with Gasteiger partial charge in [-0.05, 0) is 31.4 Å². The van der Waals surface area contributed by atoms with Crippen molar-refractivity contribution in [1.29, 1.82) is 0 Å². The van der Waals surface area contributed by atoms with Crippen LogP contribution in [0, 0.1) is 6.92 Å². The predicted octanol–water partition coefficient (Wildman–Crippen LogP) is 2.18. The second-order valence-electron chi connectivity index (χ2n) is 3.55. The highest BCUT2D eigenvalue weighted by Crippen LogP contribution is 2.17. The first-order valence-corrected chi connectivity index (χ1v) is 5.59. The molecule has 1 amide bonds. The maximum atomic E-state index is 10.6. The van der Waals surface area contributed by atoms with Crippen LogP contribution in [0.1, 0.15) is 29.9 Å². The molecule has 1 rings (SSSR count). The Morgan fingerprint density at radius 2 is 2.27 bits per heavy atom. The molecule has 0 aliphatic heterocycles. The van der Waals surface area contributed by atoms with Gasteiger partial charge in [-0.1, -0.05) is 0 Å². The maximum absolute atomic E-state index is 10.6. The fraction of sp³-hybridized carbons (Fsp3) is 0.545. The van der Waals surface area contributed by atoms with Crippen LogP contribution in [-0.4, -0.2) is 11.8 Å². The normalized spacial score (nSPS) is 10.5. The fourth-order valence-corrected chi connectivity index (χ4v) is 1.60. The minimum Gasteiger partial charge on any atom is -0.466 e. The summed E-state index contributed by atoms with van der Waals surface area (Å²) in [5, 5.41) is 0. The first-order chi connectivity index (χ1) is 7.13. The number of halogens is 1. The van der Waals surface area contributed by atoms with Crippen molar-refractivity contribution in [3.63, 3.8) is 0 Å². The van der Waals surface area contributed by atoms with Crippen molar-refractivity contribution in [3.05, 3.63) is 23.2 Å². The monoisotopic (exact) mass is 229 g/mol. The number of nitrogens with two attached hydrogens (primary N) is 1. The first kappa shape index (κ1) is 12.1. The highest BCUT2D eigenvalue weighted by Gasteiger charge is 2.07. The molecule has 0 saturated carbocycles. The van der Waals surface area contributed by atoms with E-state index in [0.717, 1.165) is 24.4 Å². The SMILES string of the molecule is Cc1oc(CCC(N)=O)cc1CCCCl. The van der Waals surface area contributed by atoms with Gasteiger partial charge in [0.25, 0.3) is 0 Å². The smallest absolute Gasteiger partial charge is 0.217 e. The van der Waals surface area contributed by atoms with Crippen LogP contribution in [0.5, 0.6) is 0 Å². The molecule has 0 aromatic carbocycles. The van der Waals surface area contributed by atoms with Gasteiger partial charge >= 0.3 is 0 Å². The third-order valence-electron chi connectivity index (χ3n) is 2.27. The van der Waals surface area contributed by atoms with Crippen LogP contribution in [0.25, 0.3) is 0 Å². The van der Waals surface area contributed by atoms with E-state index in [-0.39, 0.29) is 5.91 Å². The van der Waals surface area contributed by atoms with E-state index >= 15 is 0 Å². The van der Waals surface area contributed by atoms with E-state index in [9.17, 15) is 4.79 Å². The summed E-state index contributed by atoms with van der Waals surface area (Å²) in [6, 6.07) is 1.99. The van der Waals surface area contributed by atoms with Crippen LogP contribution in [0.4, 0.5) is 0 Å². The van der Waals surface area contributed by atoms with E-state index in [1.807, 2.05) is 13.0 Å². The fourth-order valence-electron chi connectivity index (χ4n) is 1.46. The van der Waals surface area contributed by atoms with Gasteiger partial charge in [0.1, 0.15) is 11.5 Å². The zero-order valence-electron chi connectivity index (χ0n) is 8.88. The molecular weight excluding hydrogens is 214 g/mol. The molecule has 3 nitrogen and oxygen atoms in total.